The summed E-state index contributed by atoms with van der Waals surface area (Å²) >= 11 is 7.71. The van der Waals surface area contributed by atoms with Crippen molar-refractivity contribution >= 4 is 29.3 Å². The average Bonchev–Trinajstić information content (AvgIpc) is 3.10. The minimum Gasteiger partial charge on any atom is -0.356 e. The molecule has 2 heterocycles. The quantitative estimate of drug-likeness (QED) is 0.853. The summed E-state index contributed by atoms with van der Waals surface area (Å²) in [6.45, 7) is 3.62. The lowest BCUT2D eigenvalue weighted by Gasteiger charge is -2.09. The molecule has 22 heavy (non-hydrogen) atoms. The number of benzene rings is 1. The molecule has 1 atom stereocenters. The number of thioether (sulfide) groups is 1. The second kappa shape index (κ2) is 6.71. The maximum absolute atomic E-state index is 11.2. The van der Waals surface area contributed by atoms with Gasteiger partial charge in [0.1, 0.15) is 0 Å². The van der Waals surface area contributed by atoms with Gasteiger partial charge in [0.2, 0.25) is 5.91 Å². The minimum absolute atomic E-state index is 0.141. The fourth-order valence-corrected chi connectivity index (χ4v) is 3.78. The first-order valence-corrected chi connectivity index (χ1v) is 8.62. The van der Waals surface area contributed by atoms with Gasteiger partial charge in [-0.3, -0.25) is 4.79 Å². The Hall–Kier alpha value is -1.53. The van der Waals surface area contributed by atoms with Crippen molar-refractivity contribution in [2.24, 2.45) is 5.92 Å². The summed E-state index contributed by atoms with van der Waals surface area (Å²) in [5, 5.41) is 13.0. The van der Waals surface area contributed by atoms with Crippen LogP contribution in [0.5, 0.6) is 0 Å². The predicted molar refractivity (Wildman–Crippen MR) is 88.0 cm³/mol. The Kier molecular flexibility index (Phi) is 4.69. The molecule has 1 aliphatic rings. The van der Waals surface area contributed by atoms with Crippen LogP contribution in [-0.4, -0.2) is 33.0 Å². The summed E-state index contributed by atoms with van der Waals surface area (Å²) in [5.41, 5.74) is 0.964. The zero-order chi connectivity index (χ0) is 15.5. The van der Waals surface area contributed by atoms with E-state index in [0.717, 1.165) is 35.4 Å². The van der Waals surface area contributed by atoms with E-state index in [9.17, 15) is 4.79 Å². The van der Waals surface area contributed by atoms with Crippen LogP contribution in [0.3, 0.4) is 0 Å². The highest BCUT2D eigenvalue weighted by molar-refractivity contribution is 7.99. The molecule has 5 nitrogen and oxygen atoms in total. The third-order valence-electron chi connectivity index (χ3n) is 3.63. The Balaban J connectivity index is 1.77. The lowest BCUT2D eigenvalue weighted by atomic mass is 10.1. The molecular weight excluding hydrogens is 320 g/mol. The minimum atomic E-state index is 0.141. The third kappa shape index (κ3) is 3.28. The van der Waals surface area contributed by atoms with Crippen LogP contribution in [0.25, 0.3) is 11.4 Å². The Morgan fingerprint density at radius 2 is 2.32 bits per heavy atom. The summed E-state index contributed by atoms with van der Waals surface area (Å²) in [4.78, 5) is 11.2. The Labute approximate surface area is 138 Å². The highest BCUT2D eigenvalue weighted by Crippen LogP contribution is 2.27. The topological polar surface area (TPSA) is 59.8 Å². The Morgan fingerprint density at radius 1 is 1.45 bits per heavy atom. The lowest BCUT2D eigenvalue weighted by Crippen LogP contribution is -2.14. The van der Waals surface area contributed by atoms with Crippen LogP contribution in [0, 0.1) is 5.92 Å². The van der Waals surface area contributed by atoms with Gasteiger partial charge in [-0.25, -0.2) is 0 Å². The molecule has 0 unspecified atom stereocenters. The highest BCUT2D eigenvalue weighted by Gasteiger charge is 2.22. The second-order valence-electron chi connectivity index (χ2n) is 5.25. The molecule has 7 heteroatoms. The van der Waals surface area contributed by atoms with Crippen LogP contribution < -0.4 is 5.32 Å². The summed E-state index contributed by atoms with van der Waals surface area (Å²) in [5.74, 6) is 2.20. The van der Waals surface area contributed by atoms with E-state index >= 15 is 0 Å². The summed E-state index contributed by atoms with van der Waals surface area (Å²) in [6.07, 6.45) is 0.606. The van der Waals surface area contributed by atoms with Gasteiger partial charge in [0.05, 0.1) is 0 Å². The number of hydrogen-bond donors (Lipinski definition) is 1. The van der Waals surface area contributed by atoms with Gasteiger partial charge in [-0.05, 0) is 25.0 Å². The molecule has 1 fully saturated rings. The van der Waals surface area contributed by atoms with Crippen LogP contribution in [0.4, 0.5) is 0 Å². The fourth-order valence-electron chi connectivity index (χ4n) is 2.50. The molecule has 1 N–H and O–H groups in total. The van der Waals surface area contributed by atoms with Gasteiger partial charge < -0.3 is 9.88 Å². The van der Waals surface area contributed by atoms with E-state index in [1.165, 1.54) is 0 Å². The molecule has 0 spiro atoms. The normalized spacial score (nSPS) is 17.7. The van der Waals surface area contributed by atoms with Crippen LogP contribution in [-0.2, 0) is 11.3 Å². The van der Waals surface area contributed by atoms with Crippen molar-refractivity contribution in [1.29, 1.82) is 0 Å². The van der Waals surface area contributed by atoms with Crippen molar-refractivity contribution in [2.75, 3.05) is 12.3 Å². The average molecular weight is 337 g/mol. The third-order valence-corrected chi connectivity index (χ3v) is 5.06. The SMILES string of the molecule is CCn1c(SC[C@H]2CNC(=O)C2)nnc1-c1cccc(Cl)c1. The Bertz CT molecular complexity index is 688. The molecule has 0 aliphatic carbocycles. The number of amides is 1. The molecular formula is C15H17ClN4OS. The van der Waals surface area contributed by atoms with E-state index in [2.05, 4.69) is 27.0 Å². The predicted octanol–water partition coefficient (Wildman–Crippen LogP) is 2.85. The molecule has 0 bridgehead atoms. The van der Waals surface area contributed by atoms with Gasteiger partial charge in [-0.2, -0.15) is 0 Å². The van der Waals surface area contributed by atoms with E-state index in [1.54, 1.807) is 11.8 Å². The van der Waals surface area contributed by atoms with Crippen LogP contribution in [0.1, 0.15) is 13.3 Å². The molecule has 1 amide bonds. The zero-order valence-corrected chi connectivity index (χ0v) is 13.8. The standard InChI is InChI=1S/C15H17ClN4OS/c1-2-20-14(11-4-3-5-12(16)7-11)18-19-15(20)22-9-10-6-13(21)17-8-10/h3-5,7,10H,2,6,8-9H2,1H3,(H,17,21)/t10-/m1/s1. The zero-order valence-electron chi connectivity index (χ0n) is 12.3. The number of carbonyl (C=O) groups is 1. The molecule has 1 aliphatic heterocycles. The fraction of sp³-hybridized carbons (Fsp3) is 0.400. The first kappa shape index (κ1) is 15.4. The van der Waals surface area contributed by atoms with Gasteiger partial charge in [0.15, 0.2) is 11.0 Å². The number of aromatic nitrogens is 3. The summed E-state index contributed by atoms with van der Waals surface area (Å²) in [6, 6.07) is 7.63. The van der Waals surface area contributed by atoms with E-state index < -0.39 is 0 Å². The summed E-state index contributed by atoms with van der Waals surface area (Å²) < 4.78 is 2.08. The molecule has 1 saturated heterocycles. The number of carbonyl (C=O) groups excluding carboxylic acids is 1. The first-order valence-electron chi connectivity index (χ1n) is 7.26. The van der Waals surface area contributed by atoms with Crippen molar-refractivity contribution in [1.82, 2.24) is 20.1 Å². The number of nitrogens with zero attached hydrogens (tertiary/aromatic N) is 3. The van der Waals surface area contributed by atoms with Gasteiger partial charge in [0, 0.05) is 35.8 Å². The van der Waals surface area contributed by atoms with E-state index in [-0.39, 0.29) is 5.91 Å². The molecule has 116 valence electrons. The first-order chi connectivity index (χ1) is 10.7. The van der Waals surface area contributed by atoms with Crippen molar-refractivity contribution in [3.8, 4) is 11.4 Å². The van der Waals surface area contributed by atoms with Crippen molar-refractivity contribution in [2.45, 2.75) is 25.0 Å². The van der Waals surface area contributed by atoms with E-state index in [4.69, 9.17) is 11.6 Å². The number of rotatable bonds is 5. The van der Waals surface area contributed by atoms with Gasteiger partial charge in [-0.1, -0.05) is 35.5 Å². The van der Waals surface area contributed by atoms with Gasteiger partial charge in [-0.15, -0.1) is 10.2 Å². The highest BCUT2D eigenvalue weighted by atomic mass is 35.5. The van der Waals surface area contributed by atoms with Crippen LogP contribution >= 0.6 is 23.4 Å². The summed E-state index contributed by atoms with van der Waals surface area (Å²) in [7, 11) is 0. The monoisotopic (exact) mass is 336 g/mol. The van der Waals surface area contributed by atoms with Crippen molar-refractivity contribution in [3.05, 3.63) is 29.3 Å². The number of hydrogen-bond acceptors (Lipinski definition) is 4. The van der Waals surface area contributed by atoms with Crippen molar-refractivity contribution < 1.29 is 4.79 Å². The van der Waals surface area contributed by atoms with Crippen LogP contribution in [0.15, 0.2) is 29.4 Å². The molecule has 2 aromatic rings. The maximum Gasteiger partial charge on any atom is 0.220 e. The second-order valence-corrected chi connectivity index (χ2v) is 6.67. The number of halogens is 1. The Morgan fingerprint density at radius 3 is 3.00 bits per heavy atom. The van der Waals surface area contributed by atoms with Gasteiger partial charge in [0.25, 0.3) is 0 Å². The lowest BCUT2D eigenvalue weighted by molar-refractivity contribution is -0.119. The van der Waals surface area contributed by atoms with Crippen molar-refractivity contribution in [3.63, 3.8) is 0 Å². The molecule has 1 aromatic carbocycles. The van der Waals surface area contributed by atoms with Gasteiger partial charge >= 0.3 is 0 Å². The molecule has 0 radical (unpaired) electrons. The van der Waals surface area contributed by atoms with E-state index in [1.807, 2.05) is 24.3 Å². The van der Waals surface area contributed by atoms with E-state index in [0.29, 0.717) is 17.4 Å². The maximum atomic E-state index is 11.2. The largest absolute Gasteiger partial charge is 0.356 e. The van der Waals surface area contributed by atoms with Crippen LogP contribution in [0.2, 0.25) is 5.02 Å². The molecule has 3 rings (SSSR count). The number of nitrogens with one attached hydrogen (secondary N) is 1. The molecule has 0 saturated carbocycles. The molecule has 1 aromatic heterocycles. The smallest absolute Gasteiger partial charge is 0.220 e.